The Balaban J connectivity index is 1.66. The molecule has 0 radical (unpaired) electrons. The molecule has 148 valence electrons. The van der Waals surface area contributed by atoms with Gasteiger partial charge in [0, 0.05) is 34.3 Å². The zero-order valence-corrected chi connectivity index (χ0v) is 18.0. The molecule has 3 aromatic rings. The molecule has 2 fully saturated rings. The Morgan fingerprint density at radius 2 is 1.86 bits per heavy atom. The average Bonchev–Trinajstić information content (AvgIpc) is 3.43. The van der Waals surface area contributed by atoms with Crippen molar-refractivity contribution >= 4 is 34.6 Å². The van der Waals surface area contributed by atoms with E-state index in [2.05, 4.69) is 45.7 Å². The van der Waals surface area contributed by atoms with Crippen LogP contribution in [0, 0.1) is 13.8 Å². The summed E-state index contributed by atoms with van der Waals surface area (Å²) in [7, 11) is 0. The van der Waals surface area contributed by atoms with Crippen molar-refractivity contribution in [2.24, 2.45) is 0 Å². The number of rotatable bonds is 4. The standard InChI is InChI=1S/C23H23ClN4S/c1-14-13-19(15(2)27(14)17-10-11-17)22-21(20-5-3-4-12-25-20)26-23(29)28(22)18-8-6-16(24)7-9-18/h3-9,12-13,17,21-22H,10-11H2,1-2H3,(H,26,29)/t21-,22+/m1/s1. The fourth-order valence-corrected chi connectivity index (χ4v) is 5.02. The van der Waals surface area contributed by atoms with Gasteiger partial charge in [-0.2, -0.15) is 0 Å². The minimum atomic E-state index is -0.0208. The number of nitrogens with one attached hydrogen (secondary N) is 1. The fraction of sp³-hybridized carbons (Fsp3) is 0.304. The van der Waals surface area contributed by atoms with Crippen LogP contribution < -0.4 is 10.2 Å². The van der Waals surface area contributed by atoms with Crippen molar-refractivity contribution in [1.82, 2.24) is 14.9 Å². The number of pyridine rings is 1. The highest BCUT2D eigenvalue weighted by Gasteiger charge is 2.42. The summed E-state index contributed by atoms with van der Waals surface area (Å²) in [5.74, 6) is 0. The van der Waals surface area contributed by atoms with Crippen LogP contribution >= 0.6 is 23.8 Å². The molecule has 2 aromatic heterocycles. The van der Waals surface area contributed by atoms with Crippen LogP contribution in [0.2, 0.25) is 5.02 Å². The molecule has 0 bridgehead atoms. The summed E-state index contributed by atoms with van der Waals surface area (Å²) in [4.78, 5) is 6.86. The molecule has 5 rings (SSSR count). The predicted molar refractivity (Wildman–Crippen MR) is 122 cm³/mol. The summed E-state index contributed by atoms with van der Waals surface area (Å²) in [6.45, 7) is 4.44. The number of hydrogen-bond acceptors (Lipinski definition) is 2. The average molecular weight is 423 g/mol. The Bertz CT molecular complexity index is 1060. The van der Waals surface area contributed by atoms with Crippen LogP contribution in [-0.4, -0.2) is 14.7 Å². The molecule has 2 atom stereocenters. The van der Waals surface area contributed by atoms with Crippen molar-refractivity contribution in [2.75, 3.05) is 4.90 Å². The smallest absolute Gasteiger partial charge is 0.174 e. The fourth-order valence-electron chi connectivity index (χ4n) is 4.55. The summed E-state index contributed by atoms with van der Waals surface area (Å²) >= 11 is 11.9. The maximum atomic E-state index is 6.14. The molecular formula is C23H23ClN4S. The number of benzene rings is 1. The third kappa shape index (κ3) is 3.22. The Morgan fingerprint density at radius 3 is 2.52 bits per heavy atom. The van der Waals surface area contributed by atoms with Gasteiger partial charge < -0.3 is 14.8 Å². The van der Waals surface area contributed by atoms with Crippen molar-refractivity contribution in [1.29, 1.82) is 0 Å². The van der Waals surface area contributed by atoms with Crippen molar-refractivity contribution in [3.8, 4) is 0 Å². The number of thiocarbonyl (C=S) groups is 1. The van der Waals surface area contributed by atoms with Gasteiger partial charge in [0.2, 0.25) is 0 Å². The first-order valence-electron chi connectivity index (χ1n) is 9.99. The first-order valence-corrected chi connectivity index (χ1v) is 10.8. The molecule has 1 aliphatic heterocycles. The second-order valence-corrected chi connectivity index (χ2v) is 8.72. The predicted octanol–water partition coefficient (Wildman–Crippen LogP) is 5.67. The van der Waals surface area contributed by atoms with E-state index in [0.717, 1.165) is 16.4 Å². The molecule has 0 unspecified atom stereocenters. The van der Waals surface area contributed by atoms with Crippen molar-refractivity contribution < 1.29 is 0 Å². The molecule has 0 spiro atoms. The minimum absolute atomic E-state index is 0.0208. The van der Waals surface area contributed by atoms with Crippen LogP contribution in [0.1, 0.15) is 53.6 Å². The zero-order chi connectivity index (χ0) is 20.1. The molecule has 4 nitrogen and oxygen atoms in total. The van der Waals surface area contributed by atoms with Gasteiger partial charge in [-0.3, -0.25) is 4.98 Å². The van der Waals surface area contributed by atoms with Crippen molar-refractivity contribution in [2.45, 2.75) is 44.8 Å². The molecule has 1 aliphatic carbocycles. The van der Waals surface area contributed by atoms with Gasteiger partial charge in [0.05, 0.1) is 17.8 Å². The second-order valence-electron chi connectivity index (χ2n) is 7.90. The van der Waals surface area contributed by atoms with Gasteiger partial charge in [-0.05, 0) is 86.9 Å². The number of anilines is 1. The van der Waals surface area contributed by atoms with Gasteiger partial charge in [-0.1, -0.05) is 17.7 Å². The first kappa shape index (κ1) is 18.6. The zero-order valence-electron chi connectivity index (χ0n) is 16.5. The largest absolute Gasteiger partial charge is 0.351 e. The molecule has 3 heterocycles. The van der Waals surface area contributed by atoms with Gasteiger partial charge >= 0.3 is 0 Å². The molecule has 6 heteroatoms. The van der Waals surface area contributed by atoms with E-state index in [1.165, 1.54) is 29.8 Å². The van der Waals surface area contributed by atoms with E-state index < -0.39 is 0 Å². The summed E-state index contributed by atoms with van der Waals surface area (Å²) in [5.41, 5.74) is 5.96. The van der Waals surface area contributed by atoms with Crippen LogP contribution in [0.4, 0.5) is 5.69 Å². The Hall–Kier alpha value is -2.37. The molecule has 1 saturated heterocycles. The van der Waals surface area contributed by atoms with Crippen molar-refractivity contribution in [3.05, 3.63) is 82.4 Å². The number of hydrogen-bond donors (Lipinski definition) is 1. The number of aryl methyl sites for hydroxylation is 1. The Labute approximate surface area is 181 Å². The molecule has 2 aliphatic rings. The highest BCUT2D eigenvalue weighted by molar-refractivity contribution is 7.80. The normalized spacial score (nSPS) is 21.5. The highest BCUT2D eigenvalue weighted by Crippen LogP contribution is 2.46. The van der Waals surface area contributed by atoms with Gasteiger partial charge in [-0.25, -0.2) is 0 Å². The third-order valence-electron chi connectivity index (χ3n) is 5.96. The summed E-state index contributed by atoms with van der Waals surface area (Å²) < 4.78 is 2.49. The maximum Gasteiger partial charge on any atom is 0.174 e. The molecule has 29 heavy (non-hydrogen) atoms. The van der Waals surface area contributed by atoms with E-state index >= 15 is 0 Å². The quantitative estimate of drug-likeness (QED) is 0.549. The third-order valence-corrected chi connectivity index (χ3v) is 6.52. The van der Waals surface area contributed by atoms with Gasteiger partial charge in [0.25, 0.3) is 0 Å². The van der Waals surface area contributed by atoms with Gasteiger partial charge in [-0.15, -0.1) is 0 Å². The van der Waals surface area contributed by atoms with Crippen LogP contribution in [-0.2, 0) is 0 Å². The van der Waals surface area contributed by atoms with E-state index in [1.54, 1.807) is 0 Å². The number of nitrogens with zero attached hydrogens (tertiary/aromatic N) is 3. The molecule has 1 aromatic carbocycles. The SMILES string of the molecule is Cc1cc([C@H]2[C@@H](c3ccccn3)NC(=S)N2c2ccc(Cl)cc2)c(C)n1C1CC1. The van der Waals surface area contributed by atoms with E-state index in [9.17, 15) is 0 Å². The first-order chi connectivity index (χ1) is 14.0. The van der Waals surface area contributed by atoms with E-state index in [0.29, 0.717) is 11.2 Å². The van der Waals surface area contributed by atoms with Crippen LogP contribution in [0.15, 0.2) is 54.7 Å². The molecule has 0 amide bonds. The number of halogens is 1. The van der Waals surface area contributed by atoms with Gasteiger partial charge in [0.1, 0.15) is 0 Å². The van der Waals surface area contributed by atoms with E-state index in [4.69, 9.17) is 23.8 Å². The molecule has 1 N–H and O–H groups in total. The van der Waals surface area contributed by atoms with E-state index in [1.807, 2.05) is 42.6 Å². The molecular weight excluding hydrogens is 400 g/mol. The molecule has 1 saturated carbocycles. The summed E-state index contributed by atoms with van der Waals surface area (Å²) in [5, 5.41) is 4.97. The second kappa shape index (κ2) is 7.15. The maximum absolute atomic E-state index is 6.14. The van der Waals surface area contributed by atoms with Crippen molar-refractivity contribution in [3.63, 3.8) is 0 Å². The lowest BCUT2D eigenvalue weighted by molar-refractivity contribution is 0.562. The highest BCUT2D eigenvalue weighted by atomic mass is 35.5. The lowest BCUT2D eigenvalue weighted by atomic mass is 9.96. The number of aromatic nitrogens is 2. The van der Waals surface area contributed by atoms with Gasteiger partial charge in [0.15, 0.2) is 5.11 Å². The monoisotopic (exact) mass is 422 g/mol. The van der Waals surface area contributed by atoms with Crippen LogP contribution in [0.5, 0.6) is 0 Å². The van der Waals surface area contributed by atoms with E-state index in [-0.39, 0.29) is 12.1 Å². The Morgan fingerprint density at radius 1 is 1.10 bits per heavy atom. The summed E-state index contributed by atoms with van der Waals surface area (Å²) in [6, 6.07) is 16.9. The Kier molecular flexibility index (Phi) is 4.60. The van der Waals surface area contributed by atoms with Crippen LogP contribution in [0.25, 0.3) is 0 Å². The topological polar surface area (TPSA) is 33.1 Å². The van der Waals surface area contributed by atoms with Crippen LogP contribution in [0.3, 0.4) is 0 Å². The lowest BCUT2D eigenvalue weighted by Gasteiger charge is -2.28. The minimum Gasteiger partial charge on any atom is -0.351 e. The lowest BCUT2D eigenvalue weighted by Crippen LogP contribution is -2.29. The summed E-state index contributed by atoms with van der Waals surface area (Å²) in [6.07, 6.45) is 4.37.